The monoisotopic (exact) mass is 216 g/mol. The molecule has 0 aromatic heterocycles. The topological polar surface area (TPSA) is 37.3 Å². The van der Waals surface area contributed by atoms with Crippen molar-refractivity contribution in [2.45, 2.75) is 19.3 Å². The van der Waals surface area contributed by atoms with Crippen molar-refractivity contribution in [3.63, 3.8) is 0 Å². The molecule has 1 aromatic carbocycles. The fourth-order valence-corrected chi connectivity index (χ4v) is 1.63. The largest absolute Gasteiger partial charge is 0.396 e. The van der Waals surface area contributed by atoms with Gasteiger partial charge in [-0.25, -0.2) is 0 Å². The Bertz CT molecular complexity index is 386. The van der Waals surface area contributed by atoms with Gasteiger partial charge in [0, 0.05) is 18.1 Å². The van der Waals surface area contributed by atoms with Crippen molar-refractivity contribution in [2.24, 2.45) is 5.92 Å². The maximum absolute atomic E-state index is 11.7. The van der Waals surface area contributed by atoms with Crippen molar-refractivity contribution < 1.29 is 9.90 Å². The summed E-state index contributed by atoms with van der Waals surface area (Å²) in [6.07, 6.45) is 6.66. The summed E-state index contributed by atoms with van der Waals surface area (Å²) in [7, 11) is 0. The lowest BCUT2D eigenvalue weighted by atomic mass is 10.0. The Balaban J connectivity index is 2.01. The first-order chi connectivity index (χ1) is 7.81. The van der Waals surface area contributed by atoms with Gasteiger partial charge in [0.2, 0.25) is 0 Å². The van der Waals surface area contributed by atoms with Gasteiger partial charge in [0.1, 0.15) is 0 Å². The van der Waals surface area contributed by atoms with E-state index in [0.717, 1.165) is 24.0 Å². The normalized spacial score (nSPS) is 15.6. The molecule has 0 amide bonds. The highest BCUT2D eigenvalue weighted by Gasteiger charge is 2.30. The van der Waals surface area contributed by atoms with Crippen LogP contribution in [-0.2, 0) is 0 Å². The predicted molar refractivity (Wildman–Crippen MR) is 64.2 cm³/mol. The number of ketones is 1. The predicted octanol–water partition coefficient (Wildman–Crippen LogP) is 2.67. The third kappa shape index (κ3) is 2.80. The van der Waals surface area contributed by atoms with Crippen molar-refractivity contribution in [1.82, 2.24) is 0 Å². The molecule has 2 rings (SSSR count). The zero-order valence-electron chi connectivity index (χ0n) is 9.23. The van der Waals surface area contributed by atoms with E-state index in [1.54, 1.807) is 0 Å². The molecule has 2 heteroatoms. The molecule has 0 unspecified atom stereocenters. The number of Topliss-reactive ketones (excluding diaryl/α,β-unsaturated/α-hetero) is 1. The molecule has 1 fully saturated rings. The van der Waals surface area contributed by atoms with E-state index >= 15 is 0 Å². The number of rotatable bonds is 5. The summed E-state index contributed by atoms with van der Waals surface area (Å²) in [5.74, 6) is 0.571. The first-order valence-corrected chi connectivity index (χ1v) is 5.73. The minimum atomic E-state index is 0.175. The van der Waals surface area contributed by atoms with Crippen LogP contribution in [0.3, 0.4) is 0 Å². The third-order valence-electron chi connectivity index (χ3n) is 2.75. The van der Waals surface area contributed by atoms with E-state index in [2.05, 4.69) is 0 Å². The van der Waals surface area contributed by atoms with Crippen LogP contribution in [0.5, 0.6) is 0 Å². The highest BCUT2D eigenvalue weighted by atomic mass is 16.2. The van der Waals surface area contributed by atoms with E-state index in [9.17, 15) is 4.79 Å². The number of carbonyl (C=O) groups excluding carboxylic acids is 1. The molecule has 0 aliphatic heterocycles. The Labute approximate surface area is 95.6 Å². The summed E-state index contributed by atoms with van der Waals surface area (Å²) in [5.41, 5.74) is 1.89. The van der Waals surface area contributed by atoms with Gasteiger partial charge in [0.05, 0.1) is 0 Å². The maximum atomic E-state index is 11.7. The third-order valence-corrected chi connectivity index (χ3v) is 2.75. The maximum Gasteiger partial charge on any atom is 0.165 e. The summed E-state index contributed by atoms with van der Waals surface area (Å²) in [5, 5.41) is 8.63. The van der Waals surface area contributed by atoms with E-state index in [1.807, 2.05) is 36.4 Å². The van der Waals surface area contributed by atoms with Crippen LogP contribution in [0.15, 0.2) is 30.3 Å². The second-order valence-corrected chi connectivity index (χ2v) is 4.18. The zero-order valence-corrected chi connectivity index (χ0v) is 9.23. The Morgan fingerprint density at radius 2 is 2.00 bits per heavy atom. The van der Waals surface area contributed by atoms with E-state index in [4.69, 9.17) is 5.11 Å². The van der Waals surface area contributed by atoms with Gasteiger partial charge in [-0.15, -0.1) is 0 Å². The van der Waals surface area contributed by atoms with Crippen molar-refractivity contribution in [2.75, 3.05) is 6.61 Å². The summed E-state index contributed by atoms with van der Waals surface area (Å²) in [6.45, 7) is 0.175. The first-order valence-electron chi connectivity index (χ1n) is 5.73. The van der Waals surface area contributed by atoms with Crippen LogP contribution < -0.4 is 0 Å². The van der Waals surface area contributed by atoms with Crippen molar-refractivity contribution in [3.8, 4) is 0 Å². The standard InChI is InChI=1S/C14H16O2/c15-10-2-1-3-11-4-6-12(7-5-11)14(16)13-8-9-13/h1,3-7,13,15H,2,8-10H2. The van der Waals surface area contributed by atoms with Gasteiger partial charge in [0.15, 0.2) is 5.78 Å². The second-order valence-electron chi connectivity index (χ2n) is 4.18. The van der Waals surface area contributed by atoms with Crippen LogP contribution in [0.25, 0.3) is 6.08 Å². The Morgan fingerprint density at radius 1 is 1.31 bits per heavy atom. The molecular formula is C14H16O2. The number of hydrogen-bond donors (Lipinski definition) is 1. The first kappa shape index (κ1) is 11.1. The quantitative estimate of drug-likeness (QED) is 0.768. The average molecular weight is 216 g/mol. The van der Waals surface area contributed by atoms with Crippen molar-refractivity contribution in [1.29, 1.82) is 0 Å². The van der Waals surface area contributed by atoms with Gasteiger partial charge in [0.25, 0.3) is 0 Å². The molecule has 84 valence electrons. The number of aliphatic hydroxyl groups is 1. The van der Waals surface area contributed by atoms with E-state index < -0.39 is 0 Å². The number of carbonyl (C=O) groups is 1. The molecule has 1 aliphatic rings. The molecule has 1 aliphatic carbocycles. The van der Waals surface area contributed by atoms with Gasteiger partial charge < -0.3 is 5.11 Å². The summed E-state index contributed by atoms with van der Waals surface area (Å²) in [4.78, 5) is 11.7. The van der Waals surface area contributed by atoms with Gasteiger partial charge in [-0.3, -0.25) is 4.79 Å². The summed E-state index contributed by atoms with van der Waals surface area (Å²) < 4.78 is 0. The highest BCUT2D eigenvalue weighted by molar-refractivity contribution is 5.99. The van der Waals surface area contributed by atoms with Gasteiger partial charge in [-0.1, -0.05) is 36.4 Å². The molecule has 2 nitrogen and oxygen atoms in total. The fraction of sp³-hybridized carbons (Fsp3) is 0.357. The molecule has 0 bridgehead atoms. The van der Waals surface area contributed by atoms with Gasteiger partial charge in [-0.05, 0) is 24.8 Å². The van der Waals surface area contributed by atoms with Crippen LogP contribution in [0.2, 0.25) is 0 Å². The van der Waals surface area contributed by atoms with Crippen LogP contribution in [0.4, 0.5) is 0 Å². The second kappa shape index (κ2) is 5.08. The molecule has 0 saturated heterocycles. The molecule has 1 aromatic rings. The SMILES string of the molecule is O=C(c1ccc(C=CCCO)cc1)C1CC1. The number of hydrogen-bond acceptors (Lipinski definition) is 2. The molecular weight excluding hydrogens is 200 g/mol. The summed E-state index contributed by atoms with van der Waals surface area (Å²) >= 11 is 0. The summed E-state index contributed by atoms with van der Waals surface area (Å²) in [6, 6.07) is 7.67. The lowest BCUT2D eigenvalue weighted by Gasteiger charge is -1.99. The number of aliphatic hydroxyl groups excluding tert-OH is 1. The number of benzene rings is 1. The zero-order chi connectivity index (χ0) is 11.4. The highest BCUT2D eigenvalue weighted by Crippen LogP contribution is 2.32. The van der Waals surface area contributed by atoms with Crippen LogP contribution >= 0.6 is 0 Å². The Hall–Kier alpha value is -1.41. The Morgan fingerprint density at radius 3 is 2.56 bits per heavy atom. The van der Waals surface area contributed by atoms with Gasteiger partial charge >= 0.3 is 0 Å². The van der Waals surface area contributed by atoms with Crippen molar-refractivity contribution in [3.05, 3.63) is 41.5 Å². The van der Waals surface area contributed by atoms with E-state index in [0.29, 0.717) is 6.42 Å². The van der Waals surface area contributed by atoms with Crippen LogP contribution in [-0.4, -0.2) is 17.5 Å². The average Bonchev–Trinajstić information content (AvgIpc) is 3.13. The fourth-order valence-electron chi connectivity index (χ4n) is 1.63. The van der Waals surface area contributed by atoms with E-state index in [1.165, 1.54) is 0 Å². The molecule has 16 heavy (non-hydrogen) atoms. The molecule has 0 heterocycles. The minimum Gasteiger partial charge on any atom is -0.396 e. The van der Waals surface area contributed by atoms with Crippen molar-refractivity contribution >= 4 is 11.9 Å². The molecule has 0 atom stereocenters. The minimum absolute atomic E-state index is 0.175. The van der Waals surface area contributed by atoms with Crippen LogP contribution in [0.1, 0.15) is 35.2 Å². The van der Waals surface area contributed by atoms with Crippen LogP contribution in [0, 0.1) is 5.92 Å². The molecule has 0 radical (unpaired) electrons. The molecule has 1 saturated carbocycles. The molecule has 1 N–H and O–H groups in total. The Kier molecular flexibility index (Phi) is 3.52. The molecule has 0 spiro atoms. The lowest BCUT2D eigenvalue weighted by molar-refractivity contribution is 0.0967. The van der Waals surface area contributed by atoms with E-state index in [-0.39, 0.29) is 18.3 Å². The smallest absolute Gasteiger partial charge is 0.165 e. The lowest BCUT2D eigenvalue weighted by Crippen LogP contribution is -2.00. The van der Waals surface area contributed by atoms with Gasteiger partial charge in [-0.2, -0.15) is 0 Å².